The highest BCUT2D eigenvalue weighted by Crippen LogP contribution is 2.30. The molecule has 3 heterocycles. The maximum atomic E-state index is 9.53. The molecule has 5 nitrogen and oxygen atoms in total. The number of thiophene rings is 1. The first-order valence-corrected chi connectivity index (χ1v) is 11.1. The van der Waals surface area contributed by atoms with E-state index in [1.54, 1.807) is 17.7 Å². The number of hydrogen-bond donors (Lipinski definition) is 2. The van der Waals surface area contributed by atoms with Crippen LogP contribution < -0.4 is 10.2 Å². The number of piperidine rings is 1. The molecule has 4 rings (SSSR count). The van der Waals surface area contributed by atoms with Crippen molar-refractivity contribution in [3.8, 4) is 0 Å². The van der Waals surface area contributed by atoms with E-state index in [0.717, 1.165) is 44.0 Å². The number of aliphatic hydroxyl groups is 1. The van der Waals surface area contributed by atoms with E-state index in [1.165, 1.54) is 16.0 Å². The molecule has 2 unspecified atom stereocenters. The van der Waals surface area contributed by atoms with Crippen LogP contribution in [-0.2, 0) is 6.42 Å². The molecule has 0 saturated carbocycles. The summed E-state index contributed by atoms with van der Waals surface area (Å²) < 4.78 is 0. The molecule has 1 aromatic carbocycles. The van der Waals surface area contributed by atoms with E-state index in [9.17, 15) is 5.11 Å². The molecule has 0 aliphatic carbocycles. The Morgan fingerprint density at radius 2 is 2.10 bits per heavy atom. The van der Waals surface area contributed by atoms with Gasteiger partial charge in [-0.2, -0.15) is 0 Å². The molecule has 3 aromatic rings. The van der Waals surface area contributed by atoms with Gasteiger partial charge in [0.25, 0.3) is 0 Å². The van der Waals surface area contributed by atoms with Crippen LogP contribution in [-0.4, -0.2) is 34.8 Å². The highest BCUT2D eigenvalue weighted by atomic mass is 32.1. The summed E-state index contributed by atoms with van der Waals surface area (Å²) in [5.41, 5.74) is 2.61. The van der Waals surface area contributed by atoms with Gasteiger partial charge in [-0.05, 0) is 54.7 Å². The average molecular weight is 409 g/mol. The lowest BCUT2D eigenvalue weighted by Crippen LogP contribution is -2.37. The predicted molar refractivity (Wildman–Crippen MR) is 120 cm³/mol. The summed E-state index contributed by atoms with van der Waals surface area (Å²) >= 11 is 1.79. The van der Waals surface area contributed by atoms with Gasteiger partial charge in [0.2, 0.25) is 0 Å². The monoisotopic (exact) mass is 408 g/mol. The number of hydrogen-bond acceptors (Lipinski definition) is 6. The molecule has 6 heteroatoms. The zero-order chi connectivity index (χ0) is 20.1. The Hall–Kier alpha value is -2.44. The van der Waals surface area contributed by atoms with Gasteiger partial charge in [-0.15, -0.1) is 11.3 Å². The minimum Gasteiger partial charge on any atom is -0.396 e. The van der Waals surface area contributed by atoms with Crippen LogP contribution >= 0.6 is 11.3 Å². The maximum Gasteiger partial charge on any atom is 0.134 e. The number of benzene rings is 1. The van der Waals surface area contributed by atoms with Crippen molar-refractivity contribution in [2.75, 3.05) is 29.9 Å². The van der Waals surface area contributed by atoms with Crippen molar-refractivity contribution < 1.29 is 5.11 Å². The fourth-order valence-corrected chi connectivity index (χ4v) is 4.98. The average Bonchev–Trinajstić information content (AvgIpc) is 3.20. The van der Waals surface area contributed by atoms with Crippen LogP contribution in [0, 0.1) is 12.8 Å². The van der Waals surface area contributed by atoms with Gasteiger partial charge >= 0.3 is 0 Å². The number of anilines is 2. The molecule has 1 saturated heterocycles. The van der Waals surface area contributed by atoms with Crippen LogP contribution in [0.25, 0.3) is 0 Å². The third-order valence-electron chi connectivity index (χ3n) is 5.58. The Bertz CT molecular complexity index is 914. The van der Waals surface area contributed by atoms with E-state index in [2.05, 4.69) is 68.9 Å². The van der Waals surface area contributed by atoms with Crippen molar-refractivity contribution in [2.45, 2.75) is 32.2 Å². The Labute approximate surface area is 176 Å². The fourth-order valence-electron chi connectivity index (χ4n) is 4.00. The molecule has 0 bridgehead atoms. The molecule has 1 aliphatic rings. The zero-order valence-electron chi connectivity index (χ0n) is 16.8. The second kappa shape index (κ2) is 9.37. The standard InChI is InChI=1S/C23H28N4OS/c1-17-9-11-29-23(17)20(12-18-6-3-2-4-7-18)26-21-13-22(25-16-24-21)27-10-5-8-19(14-27)15-28/h2-4,6-7,9,11,13,16,19-20,28H,5,8,10,12,14-15H2,1H3,(H,24,25,26). The van der Waals surface area contributed by atoms with E-state index >= 15 is 0 Å². The van der Waals surface area contributed by atoms with Crippen molar-refractivity contribution in [3.63, 3.8) is 0 Å². The second-order valence-electron chi connectivity index (χ2n) is 7.75. The minimum atomic E-state index is 0.159. The molecule has 2 atom stereocenters. The minimum absolute atomic E-state index is 0.159. The summed E-state index contributed by atoms with van der Waals surface area (Å²) in [5, 5.41) is 15.3. The van der Waals surface area contributed by atoms with E-state index in [0.29, 0.717) is 5.92 Å². The molecular weight excluding hydrogens is 380 g/mol. The number of aliphatic hydroxyl groups excluding tert-OH is 1. The molecule has 1 fully saturated rings. The van der Waals surface area contributed by atoms with Crippen molar-refractivity contribution >= 4 is 23.0 Å². The quantitative estimate of drug-likeness (QED) is 0.605. The van der Waals surface area contributed by atoms with Crippen molar-refractivity contribution in [2.24, 2.45) is 5.92 Å². The van der Waals surface area contributed by atoms with E-state index in [4.69, 9.17) is 0 Å². The van der Waals surface area contributed by atoms with Crippen molar-refractivity contribution in [1.29, 1.82) is 0 Å². The first-order chi connectivity index (χ1) is 14.2. The van der Waals surface area contributed by atoms with Crippen LogP contribution in [0.2, 0.25) is 0 Å². The number of nitrogens with one attached hydrogen (secondary N) is 1. The van der Waals surface area contributed by atoms with Gasteiger partial charge in [-0.3, -0.25) is 0 Å². The number of nitrogens with zero attached hydrogens (tertiary/aromatic N) is 3. The van der Waals surface area contributed by atoms with Gasteiger partial charge < -0.3 is 15.3 Å². The van der Waals surface area contributed by atoms with Crippen LogP contribution in [0.1, 0.15) is 34.9 Å². The SMILES string of the molecule is Cc1ccsc1C(Cc1ccccc1)Nc1cc(N2CCCC(CO)C2)ncn1. The summed E-state index contributed by atoms with van der Waals surface area (Å²) in [6.45, 7) is 4.23. The second-order valence-corrected chi connectivity index (χ2v) is 8.70. The lowest BCUT2D eigenvalue weighted by molar-refractivity contribution is 0.208. The summed E-state index contributed by atoms with van der Waals surface area (Å²) in [6, 6.07) is 14.9. The Balaban J connectivity index is 1.55. The van der Waals surface area contributed by atoms with Gasteiger partial charge in [0.1, 0.15) is 18.0 Å². The predicted octanol–water partition coefficient (Wildman–Crippen LogP) is 4.45. The summed E-state index contributed by atoms with van der Waals surface area (Å²) in [6.07, 6.45) is 4.71. The number of aryl methyl sites for hydroxylation is 1. The summed E-state index contributed by atoms with van der Waals surface area (Å²) in [4.78, 5) is 12.6. The van der Waals surface area contributed by atoms with Crippen LogP contribution in [0.3, 0.4) is 0 Å². The third-order valence-corrected chi connectivity index (χ3v) is 6.71. The lowest BCUT2D eigenvalue weighted by Gasteiger charge is -2.32. The highest BCUT2D eigenvalue weighted by Gasteiger charge is 2.21. The Kier molecular flexibility index (Phi) is 6.42. The fraction of sp³-hybridized carbons (Fsp3) is 0.391. The van der Waals surface area contributed by atoms with Gasteiger partial charge in [0.15, 0.2) is 0 Å². The molecule has 0 amide bonds. The molecule has 2 N–H and O–H groups in total. The molecule has 29 heavy (non-hydrogen) atoms. The van der Waals surface area contributed by atoms with Crippen LogP contribution in [0.5, 0.6) is 0 Å². The Morgan fingerprint density at radius 1 is 1.24 bits per heavy atom. The molecule has 2 aromatic heterocycles. The molecule has 152 valence electrons. The molecule has 0 radical (unpaired) electrons. The zero-order valence-corrected chi connectivity index (χ0v) is 17.6. The van der Waals surface area contributed by atoms with Crippen LogP contribution in [0.4, 0.5) is 11.6 Å². The topological polar surface area (TPSA) is 61.3 Å². The maximum absolute atomic E-state index is 9.53. The van der Waals surface area contributed by atoms with Crippen molar-refractivity contribution in [1.82, 2.24) is 9.97 Å². The molecular formula is C23H28N4OS. The molecule has 1 aliphatic heterocycles. The van der Waals surface area contributed by atoms with Crippen molar-refractivity contribution in [3.05, 3.63) is 70.2 Å². The first-order valence-electron chi connectivity index (χ1n) is 10.2. The summed E-state index contributed by atoms with van der Waals surface area (Å²) in [7, 11) is 0. The van der Waals surface area contributed by atoms with Crippen LogP contribution in [0.15, 0.2) is 54.2 Å². The van der Waals surface area contributed by atoms with Gasteiger partial charge in [0.05, 0.1) is 6.04 Å². The number of aromatic nitrogens is 2. The molecule has 0 spiro atoms. The van der Waals surface area contributed by atoms with Gasteiger partial charge in [-0.1, -0.05) is 30.3 Å². The van der Waals surface area contributed by atoms with Gasteiger partial charge in [-0.25, -0.2) is 9.97 Å². The van der Waals surface area contributed by atoms with Gasteiger partial charge in [0, 0.05) is 30.6 Å². The lowest BCUT2D eigenvalue weighted by atomic mass is 9.99. The third kappa shape index (κ3) is 4.95. The normalized spacial score (nSPS) is 17.9. The first kappa shape index (κ1) is 19.9. The summed E-state index contributed by atoms with van der Waals surface area (Å²) in [5.74, 6) is 2.10. The van der Waals surface area contributed by atoms with E-state index in [1.807, 2.05) is 6.07 Å². The van der Waals surface area contributed by atoms with E-state index in [-0.39, 0.29) is 12.6 Å². The smallest absolute Gasteiger partial charge is 0.134 e. The highest BCUT2D eigenvalue weighted by molar-refractivity contribution is 7.10. The number of rotatable bonds is 7. The van der Waals surface area contributed by atoms with E-state index < -0.39 is 0 Å². The largest absolute Gasteiger partial charge is 0.396 e. The Morgan fingerprint density at radius 3 is 2.86 bits per heavy atom.